The van der Waals surface area contributed by atoms with Crippen LogP contribution in [0.25, 0.3) is 0 Å². The molecule has 6 heteroatoms. The summed E-state index contributed by atoms with van der Waals surface area (Å²) in [6, 6.07) is 0. The van der Waals surface area contributed by atoms with Gasteiger partial charge in [0, 0.05) is 22.4 Å². The molecule has 1 heterocycles. The van der Waals surface area contributed by atoms with Crippen molar-refractivity contribution in [2.75, 3.05) is 0 Å². The van der Waals surface area contributed by atoms with Crippen molar-refractivity contribution >= 4 is 49.0 Å². The van der Waals surface area contributed by atoms with Crippen LogP contribution in [0.2, 0.25) is 0 Å². The van der Waals surface area contributed by atoms with Gasteiger partial charge in [0.15, 0.2) is 0 Å². The van der Waals surface area contributed by atoms with E-state index in [4.69, 9.17) is 6.42 Å². The van der Waals surface area contributed by atoms with Gasteiger partial charge < -0.3 is 0 Å². The molecule has 22 heavy (non-hydrogen) atoms. The van der Waals surface area contributed by atoms with Gasteiger partial charge in [-0.2, -0.15) is 0 Å². The zero-order chi connectivity index (χ0) is 15.3. The van der Waals surface area contributed by atoms with Crippen LogP contribution in [0, 0.1) is 70.9 Å². The molecule has 0 atom stereocenters. The van der Waals surface area contributed by atoms with E-state index in [2.05, 4.69) is 85.5 Å². The summed E-state index contributed by atoms with van der Waals surface area (Å²) >= 11 is 4.82. The van der Waals surface area contributed by atoms with E-state index in [0.29, 0.717) is 10.1 Å². The largest absolute Gasteiger partial charge is 0 e. The molecule has 0 saturated carbocycles. The summed E-state index contributed by atoms with van der Waals surface area (Å²) < 4.78 is 0.583. The van der Waals surface area contributed by atoms with Gasteiger partial charge in [-0.25, -0.2) is 0 Å². The van der Waals surface area contributed by atoms with Gasteiger partial charge >= 0.3 is 110 Å². The predicted octanol–water partition coefficient (Wildman–Crippen LogP) is 0.964. The Balaban J connectivity index is 0.00000441. The molecule has 1 aliphatic rings. The van der Waals surface area contributed by atoms with Gasteiger partial charge in [-0.3, -0.25) is 0 Å². The second-order valence-corrected chi connectivity index (χ2v) is 5.25. The van der Waals surface area contributed by atoms with Crippen molar-refractivity contribution in [2.45, 2.75) is 0 Å². The zero-order valence-corrected chi connectivity index (χ0v) is 16.0. The zero-order valence-electron chi connectivity index (χ0n) is 10.5. The third kappa shape index (κ3) is 8.63. The van der Waals surface area contributed by atoms with Gasteiger partial charge in [-0.15, -0.1) is 6.42 Å². The first-order chi connectivity index (χ1) is 10.3. The van der Waals surface area contributed by atoms with Crippen LogP contribution < -0.4 is 0 Å². The van der Waals surface area contributed by atoms with Gasteiger partial charge in [0.25, 0.3) is 0 Å². The van der Waals surface area contributed by atoms with Crippen molar-refractivity contribution in [3.63, 3.8) is 0 Å². The molecule has 0 fully saturated rings. The average molecular weight is 564 g/mol. The topological polar surface area (TPSA) is 29.4 Å². The Kier molecular flexibility index (Phi) is 12.1. The van der Waals surface area contributed by atoms with Gasteiger partial charge in [-0.05, 0) is 23.7 Å². The molecule has 106 valence electrons. The molecule has 1 aliphatic heterocycles. The maximum Gasteiger partial charge on any atom is 0 e. The van der Waals surface area contributed by atoms with Crippen LogP contribution in [-0.2, 0) is 27.2 Å². The fourth-order valence-corrected chi connectivity index (χ4v) is 2.63. The van der Waals surface area contributed by atoms with E-state index in [1.54, 1.807) is 4.97 Å². The van der Waals surface area contributed by atoms with Crippen LogP contribution in [0.15, 0.2) is 15.7 Å². The molecule has 0 aromatic rings. The molecule has 0 unspecified atom stereocenters. The Bertz CT molecular complexity index is 870. The van der Waals surface area contributed by atoms with E-state index < -0.39 is 0 Å². The van der Waals surface area contributed by atoms with Crippen LogP contribution in [0.5, 0.6) is 0 Å². The Hall–Kier alpha value is -1.60. The molecule has 0 N–H and O–H groups in total. The number of aliphatic imine (C=N–C) groups is 1. The standard InChI is InChI=1S/C16H2NOS2Se.Au/c1-2-3-4-5-6-7-8-9-10-11-12-19-16-17-14(13-21)15(18)20-16;/h1,13H;/b14-13+;. The van der Waals surface area contributed by atoms with Crippen molar-refractivity contribution in [3.8, 4) is 70.9 Å². The van der Waals surface area contributed by atoms with Crippen molar-refractivity contribution in [2.24, 2.45) is 4.99 Å². The molecule has 0 saturated heterocycles. The van der Waals surface area contributed by atoms with Gasteiger partial charge in [0.2, 0.25) is 0 Å². The third-order valence-corrected chi connectivity index (χ3v) is 3.57. The minimum absolute atomic E-state index is 0. The number of thioether (sulfide) groups is 2. The second-order valence-electron chi connectivity index (χ2n) is 2.74. The summed E-state index contributed by atoms with van der Waals surface area (Å²) in [5.74, 6) is 24.4. The van der Waals surface area contributed by atoms with Crippen molar-refractivity contribution in [3.05, 3.63) is 10.7 Å². The first-order valence-corrected chi connectivity index (χ1v) is 7.65. The second kappa shape index (κ2) is 13.1. The Morgan fingerprint density at radius 3 is 2.09 bits per heavy atom. The maximum atomic E-state index is 11.3. The van der Waals surface area contributed by atoms with Crippen LogP contribution >= 0.6 is 23.5 Å². The number of nitrogens with zero attached hydrogens (tertiary/aromatic N) is 1. The SMILES string of the molecule is C#CC#CC#CC#CC#CC#CSC1=N/C(=C/[Se])C(=O)S1.[Au]. The van der Waals surface area contributed by atoms with E-state index >= 15 is 0 Å². The predicted molar refractivity (Wildman–Crippen MR) is 89.2 cm³/mol. The summed E-state index contributed by atoms with van der Waals surface area (Å²) in [7, 11) is 0. The van der Waals surface area contributed by atoms with Crippen molar-refractivity contribution in [1.82, 2.24) is 0 Å². The third-order valence-electron chi connectivity index (χ3n) is 1.47. The number of carbonyl (C=O) groups excluding carboxylic acids is 1. The monoisotopic (exact) mass is 565 g/mol. The van der Waals surface area contributed by atoms with Crippen molar-refractivity contribution in [1.29, 1.82) is 0 Å². The first kappa shape index (κ1) is 20.4. The Morgan fingerprint density at radius 1 is 1.05 bits per heavy atom. The molecule has 0 spiro atoms. The number of carbonyl (C=O) groups is 1. The molecule has 2 nitrogen and oxygen atoms in total. The number of hydrogen-bond acceptors (Lipinski definition) is 4. The minimum atomic E-state index is -0.0958. The van der Waals surface area contributed by atoms with Gasteiger partial charge in [0.1, 0.15) is 0 Å². The summed E-state index contributed by atoms with van der Waals surface area (Å²) in [4.78, 5) is 16.9. The van der Waals surface area contributed by atoms with Crippen LogP contribution in [0.1, 0.15) is 0 Å². The van der Waals surface area contributed by atoms with Crippen LogP contribution in [0.4, 0.5) is 0 Å². The molecule has 0 aromatic heterocycles. The van der Waals surface area contributed by atoms with Crippen LogP contribution in [0.3, 0.4) is 0 Å². The summed E-state index contributed by atoms with van der Waals surface area (Å²) in [5, 5.41) is 2.62. The molecule has 0 aromatic carbocycles. The van der Waals surface area contributed by atoms with E-state index in [1.807, 2.05) is 0 Å². The van der Waals surface area contributed by atoms with E-state index in [0.717, 1.165) is 23.5 Å². The summed E-state index contributed by atoms with van der Waals surface area (Å²) in [6.07, 6.45) is 4.91. The van der Waals surface area contributed by atoms with Gasteiger partial charge in [0.05, 0.1) is 0 Å². The smallest absolute Gasteiger partial charge is 0 e. The molecule has 0 aliphatic carbocycles. The quantitative estimate of drug-likeness (QED) is 0.250. The molecular weight excluding hydrogens is 562 g/mol. The molecule has 1 rings (SSSR count). The minimum Gasteiger partial charge on any atom is 0 e. The van der Waals surface area contributed by atoms with E-state index in [-0.39, 0.29) is 27.5 Å². The molecule has 0 bridgehead atoms. The maximum absolute atomic E-state index is 11.3. The molecule has 2 radical (unpaired) electrons. The van der Waals surface area contributed by atoms with Crippen LogP contribution in [-0.4, -0.2) is 25.5 Å². The molecular formula is C16H2AuNOS2Se. The Morgan fingerprint density at radius 2 is 1.59 bits per heavy atom. The number of hydrogen-bond donors (Lipinski definition) is 0. The number of terminal acetylenes is 1. The number of rotatable bonds is 0. The van der Waals surface area contributed by atoms with E-state index in [9.17, 15) is 4.79 Å². The fraction of sp³-hybridized carbons (Fsp3) is 0. The molecule has 0 amide bonds. The average Bonchev–Trinajstić information content (AvgIpc) is 2.85. The summed E-state index contributed by atoms with van der Waals surface area (Å²) in [6.45, 7) is 0. The first-order valence-electron chi connectivity index (χ1n) is 5.03. The normalized spacial score (nSPS) is 11.9. The summed E-state index contributed by atoms with van der Waals surface area (Å²) in [5.41, 5.74) is 0.396. The van der Waals surface area contributed by atoms with Crippen molar-refractivity contribution < 1.29 is 27.2 Å². The fourth-order valence-electron chi connectivity index (χ4n) is 0.766. The van der Waals surface area contributed by atoms with Gasteiger partial charge in [-0.1, -0.05) is 0 Å². The Labute approximate surface area is 161 Å². The van der Waals surface area contributed by atoms with E-state index in [1.165, 1.54) is 0 Å².